The number of nitrogens with one attached hydrogen (secondary N) is 1. The van der Waals surface area contributed by atoms with Gasteiger partial charge in [0, 0.05) is 18.9 Å². The lowest BCUT2D eigenvalue weighted by Crippen LogP contribution is -2.30. The Morgan fingerprint density at radius 2 is 1.80 bits per heavy atom. The third kappa shape index (κ3) is 2.23. The summed E-state index contributed by atoms with van der Waals surface area (Å²) in [6, 6.07) is 8.43. The molecule has 4 heteroatoms. The second kappa shape index (κ2) is 5.51. The number of methoxy groups -OCH3 is 2. The zero-order valence-electron chi connectivity index (χ0n) is 11.7. The van der Waals surface area contributed by atoms with Gasteiger partial charge >= 0.3 is 0 Å². The van der Waals surface area contributed by atoms with E-state index in [4.69, 9.17) is 9.47 Å². The summed E-state index contributed by atoms with van der Waals surface area (Å²) in [7, 11) is 3.34. The molecule has 0 unspecified atom stereocenters. The van der Waals surface area contributed by atoms with Crippen LogP contribution in [0.25, 0.3) is 0 Å². The molecule has 3 rings (SSSR count). The van der Waals surface area contributed by atoms with Crippen molar-refractivity contribution in [3.8, 4) is 11.5 Å². The Morgan fingerprint density at radius 3 is 2.50 bits per heavy atom. The SMILES string of the molecule is COc1cc2c(cc1OC)[C@H](c1ccncc1)NCC2. The Hall–Kier alpha value is -2.07. The fourth-order valence-electron chi connectivity index (χ4n) is 2.74. The quantitative estimate of drug-likeness (QED) is 0.929. The lowest BCUT2D eigenvalue weighted by Gasteiger charge is -2.28. The average Bonchev–Trinajstić information content (AvgIpc) is 2.53. The molecule has 1 aromatic heterocycles. The van der Waals surface area contributed by atoms with Gasteiger partial charge in [-0.15, -0.1) is 0 Å². The zero-order chi connectivity index (χ0) is 13.9. The second-order valence-corrected chi connectivity index (χ2v) is 4.82. The molecule has 20 heavy (non-hydrogen) atoms. The van der Waals surface area contributed by atoms with E-state index in [1.165, 1.54) is 16.7 Å². The van der Waals surface area contributed by atoms with Gasteiger partial charge < -0.3 is 14.8 Å². The number of aromatic nitrogens is 1. The van der Waals surface area contributed by atoms with Crippen molar-refractivity contribution in [2.75, 3.05) is 20.8 Å². The number of pyridine rings is 1. The molecule has 0 bridgehead atoms. The maximum atomic E-state index is 5.42. The molecule has 0 radical (unpaired) electrons. The first-order chi connectivity index (χ1) is 9.83. The number of hydrogen-bond donors (Lipinski definition) is 1. The van der Waals surface area contributed by atoms with Gasteiger partial charge in [0.25, 0.3) is 0 Å². The highest BCUT2D eigenvalue weighted by molar-refractivity contribution is 5.51. The van der Waals surface area contributed by atoms with Crippen molar-refractivity contribution in [2.45, 2.75) is 12.5 Å². The summed E-state index contributed by atoms with van der Waals surface area (Å²) in [6.07, 6.45) is 4.65. The van der Waals surface area contributed by atoms with Gasteiger partial charge in [-0.05, 0) is 47.4 Å². The number of fused-ring (bicyclic) bond motifs is 1. The molecule has 0 aliphatic carbocycles. The van der Waals surface area contributed by atoms with E-state index in [0.29, 0.717) is 0 Å². The highest BCUT2D eigenvalue weighted by Crippen LogP contribution is 2.37. The number of rotatable bonds is 3. The lowest BCUT2D eigenvalue weighted by atomic mass is 9.90. The van der Waals surface area contributed by atoms with Gasteiger partial charge in [0.1, 0.15) is 0 Å². The highest BCUT2D eigenvalue weighted by Gasteiger charge is 2.23. The summed E-state index contributed by atoms with van der Waals surface area (Å²) >= 11 is 0. The van der Waals surface area contributed by atoms with Crippen LogP contribution in [-0.2, 0) is 6.42 Å². The van der Waals surface area contributed by atoms with Gasteiger partial charge in [-0.3, -0.25) is 4.98 Å². The summed E-state index contributed by atoms with van der Waals surface area (Å²) in [5, 5.41) is 3.56. The Balaban J connectivity index is 2.08. The molecule has 1 aliphatic heterocycles. The van der Waals surface area contributed by atoms with Crippen molar-refractivity contribution in [3.63, 3.8) is 0 Å². The van der Waals surface area contributed by atoms with Gasteiger partial charge in [-0.25, -0.2) is 0 Å². The standard InChI is InChI=1S/C16H18N2O2/c1-19-14-9-12-5-8-18-16(11-3-6-17-7-4-11)13(12)10-15(14)20-2/h3-4,6-7,9-10,16,18H,5,8H2,1-2H3/t16-/m0/s1. The Morgan fingerprint density at radius 1 is 1.10 bits per heavy atom. The van der Waals surface area contributed by atoms with Crippen molar-refractivity contribution in [3.05, 3.63) is 53.3 Å². The lowest BCUT2D eigenvalue weighted by molar-refractivity contribution is 0.353. The van der Waals surface area contributed by atoms with Crippen LogP contribution in [0.15, 0.2) is 36.7 Å². The predicted molar refractivity (Wildman–Crippen MR) is 77.3 cm³/mol. The summed E-state index contributed by atoms with van der Waals surface area (Å²) in [6.45, 7) is 0.954. The Kier molecular flexibility index (Phi) is 3.56. The maximum Gasteiger partial charge on any atom is 0.161 e. The molecule has 1 atom stereocenters. The smallest absolute Gasteiger partial charge is 0.161 e. The second-order valence-electron chi connectivity index (χ2n) is 4.82. The summed E-state index contributed by atoms with van der Waals surface area (Å²) in [5.74, 6) is 1.57. The van der Waals surface area contributed by atoms with Crippen molar-refractivity contribution in [2.24, 2.45) is 0 Å². The van der Waals surface area contributed by atoms with Crippen LogP contribution in [0.3, 0.4) is 0 Å². The van der Waals surface area contributed by atoms with Crippen LogP contribution in [0.4, 0.5) is 0 Å². The van der Waals surface area contributed by atoms with E-state index in [-0.39, 0.29) is 6.04 Å². The molecular weight excluding hydrogens is 252 g/mol. The van der Waals surface area contributed by atoms with E-state index in [9.17, 15) is 0 Å². The summed E-state index contributed by atoms with van der Waals surface area (Å²) in [4.78, 5) is 4.08. The summed E-state index contributed by atoms with van der Waals surface area (Å²) < 4.78 is 10.8. The number of nitrogens with zero attached hydrogens (tertiary/aromatic N) is 1. The first kappa shape index (κ1) is 12.9. The van der Waals surface area contributed by atoms with E-state index in [0.717, 1.165) is 24.5 Å². The fourth-order valence-corrected chi connectivity index (χ4v) is 2.74. The van der Waals surface area contributed by atoms with Crippen LogP contribution < -0.4 is 14.8 Å². The van der Waals surface area contributed by atoms with Gasteiger partial charge in [0.2, 0.25) is 0 Å². The largest absolute Gasteiger partial charge is 0.493 e. The van der Waals surface area contributed by atoms with Gasteiger partial charge in [0.15, 0.2) is 11.5 Å². The fraction of sp³-hybridized carbons (Fsp3) is 0.312. The minimum Gasteiger partial charge on any atom is -0.493 e. The van der Waals surface area contributed by atoms with Crippen molar-refractivity contribution in [1.29, 1.82) is 0 Å². The van der Waals surface area contributed by atoms with E-state index >= 15 is 0 Å². The molecule has 0 saturated carbocycles. The maximum absolute atomic E-state index is 5.42. The third-order valence-corrected chi connectivity index (χ3v) is 3.74. The minimum absolute atomic E-state index is 0.182. The Bertz CT molecular complexity index is 599. The minimum atomic E-state index is 0.182. The van der Waals surface area contributed by atoms with E-state index in [2.05, 4.69) is 22.4 Å². The molecular formula is C16H18N2O2. The van der Waals surface area contributed by atoms with Gasteiger partial charge in [-0.1, -0.05) is 0 Å². The predicted octanol–water partition coefficient (Wildman–Crippen LogP) is 2.33. The molecule has 0 fully saturated rings. The van der Waals surface area contributed by atoms with E-state index in [1.54, 1.807) is 14.2 Å². The van der Waals surface area contributed by atoms with Crippen molar-refractivity contribution >= 4 is 0 Å². The molecule has 2 heterocycles. The van der Waals surface area contributed by atoms with Gasteiger partial charge in [0.05, 0.1) is 20.3 Å². The summed E-state index contributed by atoms with van der Waals surface area (Å²) in [5.41, 5.74) is 3.77. The molecule has 104 valence electrons. The van der Waals surface area contributed by atoms with Gasteiger partial charge in [-0.2, -0.15) is 0 Å². The molecule has 0 spiro atoms. The topological polar surface area (TPSA) is 43.4 Å². The highest BCUT2D eigenvalue weighted by atomic mass is 16.5. The number of ether oxygens (including phenoxy) is 2. The molecule has 1 N–H and O–H groups in total. The first-order valence-corrected chi connectivity index (χ1v) is 6.71. The average molecular weight is 270 g/mol. The third-order valence-electron chi connectivity index (χ3n) is 3.74. The van der Waals surface area contributed by atoms with Crippen LogP contribution in [0.2, 0.25) is 0 Å². The zero-order valence-corrected chi connectivity index (χ0v) is 11.7. The first-order valence-electron chi connectivity index (χ1n) is 6.71. The van der Waals surface area contributed by atoms with Crippen LogP contribution in [0, 0.1) is 0 Å². The number of benzene rings is 1. The van der Waals surface area contributed by atoms with Crippen molar-refractivity contribution < 1.29 is 9.47 Å². The van der Waals surface area contributed by atoms with Crippen LogP contribution in [0.1, 0.15) is 22.7 Å². The monoisotopic (exact) mass is 270 g/mol. The van der Waals surface area contributed by atoms with Crippen LogP contribution >= 0.6 is 0 Å². The molecule has 4 nitrogen and oxygen atoms in total. The van der Waals surface area contributed by atoms with Crippen LogP contribution in [-0.4, -0.2) is 25.7 Å². The Labute approximate surface area is 118 Å². The van der Waals surface area contributed by atoms with E-state index in [1.807, 2.05) is 24.5 Å². The number of hydrogen-bond acceptors (Lipinski definition) is 4. The van der Waals surface area contributed by atoms with Crippen LogP contribution in [0.5, 0.6) is 11.5 Å². The van der Waals surface area contributed by atoms with E-state index < -0.39 is 0 Å². The molecule has 0 saturated heterocycles. The molecule has 1 aliphatic rings. The molecule has 0 amide bonds. The molecule has 2 aromatic rings. The molecule has 1 aromatic carbocycles. The normalized spacial score (nSPS) is 17.4. The van der Waals surface area contributed by atoms with Crippen molar-refractivity contribution in [1.82, 2.24) is 10.3 Å².